The van der Waals surface area contributed by atoms with Gasteiger partial charge in [-0.05, 0) is 17.7 Å². The predicted molar refractivity (Wildman–Crippen MR) is 52.6 cm³/mol. The molecule has 3 nitrogen and oxygen atoms in total. The summed E-state index contributed by atoms with van der Waals surface area (Å²) < 4.78 is 17.4. The number of hydrogen-bond acceptors (Lipinski definition) is 3. The van der Waals surface area contributed by atoms with Crippen LogP contribution in [0.25, 0.3) is 0 Å². The first-order valence-electron chi connectivity index (χ1n) is 4.79. The Balaban J connectivity index is 2.12. The van der Waals surface area contributed by atoms with E-state index in [1.807, 2.05) is 0 Å². The first-order chi connectivity index (χ1) is 7.22. The summed E-state index contributed by atoms with van der Waals surface area (Å²) in [5.41, 5.74) is 0.915. The molecule has 2 rings (SSSR count). The number of carbonyl (C=O) groups excluding carboxylic acids is 1. The van der Waals surface area contributed by atoms with Crippen molar-refractivity contribution in [3.05, 3.63) is 35.6 Å². The van der Waals surface area contributed by atoms with E-state index < -0.39 is 0 Å². The molecule has 1 aliphatic heterocycles. The van der Waals surface area contributed by atoms with Crippen molar-refractivity contribution >= 4 is 5.97 Å². The molecule has 0 aromatic heterocycles. The molecule has 0 spiro atoms. The molecule has 80 valence electrons. The van der Waals surface area contributed by atoms with Crippen LogP contribution in [0.5, 0.6) is 0 Å². The van der Waals surface area contributed by atoms with E-state index in [-0.39, 0.29) is 23.7 Å². The van der Waals surface area contributed by atoms with Crippen LogP contribution >= 0.6 is 0 Å². The topological polar surface area (TPSA) is 38.3 Å². The molecule has 1 heterocycles. The summed E-state index contributed by atoms with van der Waals surface area (Å²) in [5, 5.41) is 3.12. The molecule has 0 bridgehead atoms. The molecule has 4 heteroatoms. The number of benzene rings is 1. The Kier molecular flexibility index (Phi) is 2.68. The van der Waals surface area contributed by atoms with Gasteiger partial charge in [0.2, 0.25) is 0 Å². The van der Waals surface area contributed by atoms with Gasteiger partial charge in [0.1, 0.15) is 5.82 Å². The maximum Gasteiger partial charge on any atom is 0.311 e. The fourth-order valence-corrected chi connectivity index (χ4v) is 1.74. The Morgan fingerprint density at radius 3 is 2.60 bits per heavy atom. The maximum atomic E-state index is 12.7. The zero-order chi connectivity index (χ0) is 10.8. The molecule has 2 atom stereocenters. The van der Waals surface area contributed by atoms with Crippen molar-refractivity contribution in [2.24, 2.45) is 5.92 Å². The minimum Gasteiger partial charge on any atom is -0.469 e. The highest BCUT2D eigenvalue weighted by atomic mass is 19.1. The van der Waals surface area contributed by atoms with Crippen molar-refractivity contribution in [1.29, 1.82) is 0 Å². The molecule has 1 fully saturated rings. The number of esters is 1. The highest BCUT2D eigenvalue weighted by Gasteiger charge is 2.37. The number of halogens is 1. The average Bonchev–Trinajstić information content (AvgIpc) is 2.19. The third-order valence-electron chi connectivity index (χ3n) is 2.69. The Labute approximate surface area is 87.2 Å². The van der Waals surface area contributed by atoms with Crippen LogP contribution < -0.4 is 5.32 Å². The maximum absolute atomic E-state index is 12.7. The normalized spacial score (nSPS) is 24.4. The van der Waals surface area contributed by atoms with Crippen molar-refractivity contribution < 1.29 is 13.9 Å². The van der Waals surface area contributed by atoms with Crippen LogP contribution in [0.3, 0.4) is 0 Å². The number of hydrogen-bond donors (Lipinski definition) is 1. The van der Waals surface area contributed by atoms with E-state index in [2.05, 4.69) is 10.1 Å². The second kappa shape index (κ2) is 3.98. The smallest absolute Gasteiger partial charge is 0.311 e. The van der Waals surface area contributed by atoms with Crippen molar-refractivity contribution in [3.8, 4) is 0 Å². The SMILES string of the molecule is COC(=O)C1CNC1c1ccc(F)cc1. The van der Waals surface area contributed by atoms with E-state index >= 15 is 0 Å². The molecule has 1 saturated heterocycles. The van der Waals surface area contributed by atoms with Crippen LogP contribution in [-0.4, -0.2) is 19.6 Å². The van der Waals surface area contributed by atoms with Gasteiger partial charge >= 0.3 is 5.97 Å². The first kappa shape index (κ1) is 10.1. The summed E-state index contributed by atoms with van der Waals surface area (Å²) in [6.07, 6.45) is 0. The van der Waals surface area contributed by atoms with Crippen LogP contribution in [-0.2, 0) is 9.53 Å². The summed E-state index contributed by atoms with van der Waals surface area (Å²) in [7, 11) is 1.38. The number of carbonyl (C=O) groups is 1. The third-order valence-corrected chi connectivity index (χ3v) is 2.69. The zero-order valence-electron chi connectivity index (χ0n) is 8.37. The predicted octanol–water partition coefficient (Wildman–Crippen LogP) is 1.26. The van der Waals surface area contributed by atoms with Gasteiger partial charge in [-0.3, -0.25) is 4.79 Å². The minimum atomic E-state index is -0.271. The largest absolute Gasteiger partial charge is 0.469 e. The van der Waals surface area contributed by atoms with E-state index in [1.54, 1.807) is 12.1 Å². The lowest BCUT2D eigenvalue weighted by atomic mass is 9.86. The Hall–Kier alpha value is -1.42. The van der Waals surface area contributed by atoms with Crippen molar-refractivity contribution in [2.75, 3.05) is 13.7 Å². The van der Waals surface area contributed by atoms with E-state index in [0.29, 0.717) is 6.54 Å². The van der Waals surface area contributed by atoms with Crippen molar-refractivity contribution in [2.45, 2.75) is 6.04 Å². The number of rotatable bonds is 2. The first-order valence-corrected chi connectivity index (χ1v) is 4.79. The van der Waals surface area contributed by atoms with Crippen LogP contribution in [0.15, 0.2) is 24.3 Å². The molecule has 1 aliphatic rings. The van der Waals surface area contributed by atoms with E-state index in [4.69, 9.17) is 0 Å². The summed E-state index contributed by atoms with van der Waals surface area (Å²) >= 11 is 0. The second-order valence-corrected chi connectivity index (χ2v) is 3.57. The van der Waals surface area contributed by atoms with Gasteiger partial charge in [-0.25, -0.2) is 4.39 Å². The number of nitrogens with one attached hydrogen (secondary N) is 1. The van der Waals surface area contributed by atoms with Gasteiger partial charge in [-0.15, -0.1) is 0 Å². The standard InChI is InChI=1S/C11H12FNO2/c1-15-11(14)9-6-13-10(9)7-2-4-8(12)5-3-7/h2-5,9-10,13H,6H2,1H3. The van der Waals surface area contributed by atoms with Gasteiger partial charge in [-0.1, -0.05) is 12.1 Å². The number of ether oxygens (including phenoxy) is 1. The van der Waals surface area contributed by atoms with Gasteiger partial charge < -0.3 is 10.1 Å². The van der Waals surface area contributed by atoms with Crippen molar-refractivity contribution in [3.63, 3.8) is 0 Å². The third kappa shape index (κ3) is 1.85. The van der Waals surface area contributed by atoms with Gasteiger partial charge in [-0.2, -0.15) is 0 Å². The molecule has 2 unspecified atom stereocenters. The van der Waals surface area contributed by atoms with E-state index in [1.165, 1.54) is 19.2 Å². The Morgan fingerprint density at radius 2 is 2.13 bits per heavy atom. The average molecular weight is 209 g/mol. The Bertz CT molecular complexity index is 363. The monoisotopic (exact) mass is 209 g/mol. The van der Waals surface area contributed by atoms with Crippen LogP contribution in [0, 0.1) is 11.7 Å². The van der Waals surface area contributed by atoms with E-state index in [9.17, 15) is 9.18 Å². The molecule has 15 heavy (non-hydrogen) atoms. The van der Waals surface area contributed by atoms with Gasteiger partial charge in [0.05, 0.1) is 13.0 Å². The minimum absolute atomic E-state index is 0.0435. The van der Waals surface area contributed by atoms with E-state index in [0.717, 1.165) is 5.56 Å². The van der Waals surface area contributed by atoms with Crippen LogP contribution in [0.1, 0.15) is 11.6 Å². The molecular weight excluding hydrogens is 197 g/mol. The summed E-state index contributed by atoms with van der Waals surface area (Å²) in [6, 6.07) is 6.11. The molecule has 0 saturated carbocycles. The number of methoxy groups -OCH3 is 1. The molecule has 1 aromatic carbocycles. The highest BCUT2D eigenvalue weighted by molar-refractivity contribution is 5.75. The molecular formula is C11H12FNO2. The van der Waals surface area contributed by atoms with Crippen molar-refractivity contribution in [1.82, 2.24) is 5.32 Å². The Morgan fingerprint density at radius 1 is 1.47 bits per heavy atom. The van der Waals surface area contributed by atoms with Gasteiger partial charge in [0, 0.05) is 12.6 Å². The van der Waals surface area contributed by atoms with Crippen LogP contribution in [0.4, 0.5) is 4.39 Å². The summed E-state index contributed by atoms with van der Waals surface area (Å²) in [5.74, 6) is -0.642. The molecule has 1 N–H and O–H groups in total. The molecule has 0 aliphatic carbocycles. The lowest BCUT2D eigenvalue weighted by molar-refractivity contribution is -0.149. The quantitative estimate of drug-likeness (QED) is 0.745. The van der Waals surface area contributed by atoms with Gasteiger partial charge in [0.15, 0.2) is 0 Å². The molecule has 0 radical (unpaired) electrons. The zero-order valence-corrected chi connectivity index (χ0v) is 8.37. The molecule has 0 amide bonds. The van der Waals surface area contributed by atoms with Gasteiger partial charge in [0.25, 0.3) is 0 Å². The molecule has 1 aromatic rings. The van der Waals surface area contributed by atoms with Crippen LogP contribution in [0.2, 0.25) is 0 Å². The fraction of sp³-hybridized carbons (Fsp3) is 0.364. The lowest BCUT2D eigenvalue weighted by Gasteiger charge is -2.36. The lowest BCUT2D eigenvalue weighted by Crippen LogP contribution is -2.50. The second-order valence-electron chi connectivity index (χ2n) is 3.57. The fourth-order valence-electron chi connectivity index (χ4n) is 1.74. The highest BCUT2D eigenvalue weighted by Crippen LogP contribution is 2.30. The summed E-state index contributed by atoms with van der Waals surface area (Å²) in [6.45, 7) is 0.620. The summed E-state index contributed by atoms with van der Waals surface area (Å²) in [4.78, 5) is 11.3.